The Labute approximate surface area is 115 Å². The van der Waals surface area contributed by atoms with E-state index in [1.807, 2.05) is 6.07 Å². The number of alkyl halides is 3. The first kappa shape index (κ1) is 15.0. The second kappa shape index (κ2) is 5.73. The largest absolute Gasteiger partial charge is 0.340 e. The van der Waals surface area contributed by atoms with Gasteiger partial charge in [0, 0.05) is 6.04 Å². The van der Waals surface area contributed by atoms with Crippen molar-refractivity contribution in [3.05, 3.63) is 35.9 Å². The first-order valence-electron chi connectivity index (χ1n) is 4.54. The quantitative estimate of drug-likeness (QED) is 0.868. The SMILES string of the molecule is CC(NS(=O)(=O)OC(Cl)(Cl)Cl)c1ccccc1. The summed E-state index contributed by atoms with van der Waals surface area (Å²) in [6.45, 7) is 1.65. The molecule has 0 aromatic heterocycles. The molecule has 0 spiro atoms. The number of hydrogen-bond donors (Lipinski definition) is 1. The van der Waals surface area contributed by atoms with Crippen molar-refractivity contribution in [3.63, 3.8) is 0 Å². The van der Waals surface area contributed by atoms with Crippen molar-refractivity contribution in [2.24, 2.45) is 0 Å². The van der Waals surface area contributed by atoms with Crippen LogP contribution in [-0.2, 0) is 14.5 Å². The maximum Gasteiger partial charge on any atom is 0.340 e. The Hall–Kier alpha value is -0.0400. The lowest BCUT2D eigenvalue weighted by Crippen LogP contribution is -2.32. The molecule has 17 heavy (non-hydrogen) atoms. The predicted molar refractivity (Wildman–Crippen MR) is 68.3 cm³/mol. The van der Waals surface area contributed by atoms with Gasteiger partial charge in [0.25, 0.3) is 0 Å². The van der Waals surface area contributed by atoms with Gasteiger partial charge in [0.1, 0.15) is 0 Å². The Morgan fingerprint density at radius 2 is 1.76 bits per heavy atom. The smallest absolute Gasteiger partial charge is 0.204 e. The molecule has 96 valence electrons. The van der Waals surface area contributed by atoms with Crippen LogP contribution in [0.25, 0.3) is 0 Å². The van der Waals surface area contributed by atoms with E-state index in [9.17, 15) is 8.42 Å². The van der Waals surface area contributed by atoms with Crippen LogP contribution in [-0.4, -0.2) is 12.4 Å². The van der Waals surface area contributed by atoms with Crippen LogP contribution in [0, 0.1) is 0 Å². The molecule has 0 aliphatic heterocycles. The summed E-state index contributed by atoms with van der Waals surface area (Å²) in [5, 5.41) is 0. The summed E-state index contributed by atoms with van der Waals surface area (Å²) < 4.78 is 27.1. The van der Waals surface area contributed by atoms with Gasteiger partial charge in [0.15, 0.2) is 0 Å². The van der Waals surface area contributed by atoms with Crippen molar-refractivity contribution in [2.45, 2.75) is 16.9 Å². The molecule has 0 amide bonds. The van der Waals surface area contributed by atoms with Crippen LogP contribution in [0.3, 0.4) is 0 Å². The van der Waals surface area contributed by atoms with Crippen molar-refractivity contribution in [2.75, 3.05) is 0 Å². The number of nitrogens with one attached hydrogen (secondary N) is 1. The van der Waals surface area contributed by atoms with E-state index in [2.05, 4.69) is 8.91 Å². The van der Waals surface area contributed by atoms with E-state index in [0.29, 0.717) is 0 Å². The second-order valence-corrected chi connectivity index (χ2v) is 6.72. The molecule has 1 rings (SSSR count). The van der Waals surface area contributed by atoms with Crippen molar-refractivity contribution in [1.82, 2.24) is 4.72 Å². The molecule has 0 radical (unpaired) electrons. The van der Waals surface area contributed by atoms with E-state index in [4.69, 9.17) is 34.8 Å². The van der Waals surface area contributed by atoms with E-state index < -0.39 is 20.3 Å². The van der Waals surface area contributed by atoms with Gasteiger partial charge < -0.3 is 0 Å². The maximum atomic E-state index is 11.4. The van der Waals surface area contributed by atoms with E-state index in [0.717, 1.165) is 5.56 Å². The van der Waals surface area contributed by atoms with Crippen molar-refractivity contribution < 1.29 is 12.6 Å². The Bertz CT molecular complexity index is 458. The summed E-state index contributed by atoms with van der Waals surface area (Å²) >= 11 is 15.7. The van der Waals surface area contributed by atoms with Gasteiger partial charge in [-0.3, -0.25) is 0 Å². The van der Waals surface area contributed by atoms with Gasteiger partial charge in [-0.05, 0) is 12.5 Å². The topological polar surface area (TPSA) is 55.4 Å². The van der Waals surface area contributed by atoms with Crippen LogP contribution in [0.15, 0.2) is 30.3 Å². The molecule has 1 atom stereocenters. The predicted octanol–water partition coefficient (Wildman–Crippen LogP) is 2.93. The molecule has 1 aromatic carbocycles. The second-order valence-electron chi connectivity index (χ2n) is 3.23. The van der Waals surface area contributed by atoms with Crippen molar-refractivity contribution >= 4 is 45.1 Å². The molecule has 0 saturated carbocycles. The summed E-state index contributed by atoms with van der Waals surface area (Å²) in [6, 6.07) is 8.44. The fourth-order valence-electron chi connectivity index (χ4n) is 1.17. The first-order valence-corrected chi connectivity index (χ1v) is 7.08. The van der Waals surface area contributed by atoms with Gasteiger partial charge in [0.2, 0.25) is 0 Å². The average Bonchev–Trinajstić information content (AvgIpc) is 2.14. The van der Waals surface area contributed by atoms with Crippen LogP contribution in [0.5, 0.6) is 0 Å². The number of rotatable bonds is 4. The summed E-state index contributed by atoms with van der Waals surface area (Å²) in [5.41, 5.74) is 0.768. The Morgan fingerprint density at radius 1 is 1.24 bits per heavy atom. The summed E-state index contributed by atoms with van der Waals surface area (Å²) in [6.07, 6.45) is 0. The molecule has 0 aliphatic rings. The number of halogens is 3. The summed E-state index contributed by atoms with van der Waals surface area (Å²) in [5.74, 6) is 0. The Morgan fingerprint density at radius 3 is 2.24 bits per heavy atom. The van der Waals surface area contributed by atoms with Crippen LogP contribution in [0.2, 0.25) is 0 Å². The monoisotopic (exact) mass is 317 g/mol. The normalized spacial score (nSPS) is 14.6. The van der Waals surface area contributed by atoms with E-state index >= 15 is 0 Å². The van der Waals surface area contributed by atoms with Gasteiger partial charge in [-0.2, -0.15) is 13.1 Å². The molecule has 4 nitrogen and oxygen atoms in total. The molecule has 1 aromatic rings. The molecule has 1 unspecified atom stereocenters. The van der Waals surface area contributed by atoms with Crippen LogP contribution >= 0.6 is 34.8 Å². The van der Waals surface area contributed by atoms with Gasteiger partial charge in [-0.25, -0.2) is 4.18 Å². The van der Waals surface area contributed by atoms with Crippen LogP contribution in [0.4, 0.5) is 0 Å². The molecule has 0 heterocycles. The highest BCUT2D eigenvalue weighted by molar-refractivity contribution is 7.84. The summed E-state index contributed by atoms with van der Waals surface area (Å²) in [7, 11) is -4.13. The van der Waals surface area contributed by atoms with Crippen LogP contribution < -0.4 is 4.72 Å². The Balaban J connectivity index is 2.72. The highest BCUT2D eigenvalue weighted by Gasteiger charge is 2.30. The fraction of sp³-hybridized carbons (Fsp3) is 0.333. The minimum absolute atomic E-state index is 0.492. The fourth-order valence-corrected chi connectivity index (χ4v) is 2.79. The van der Waals surface area contributed by atoms with E-state index in [1.165, 1.54) is 0 Å². The number of hydrogen-bond acceptors (Lipinski definition) is 3. The van der Waals surface area contributed by atoms with E-state index in [1.54, 1.807) is 31.2 Å². The standard InChI is InChI=1S/C9H10Cl3NO3S/c1-7(8-5-3-2-4-6-8)13-17(14,15)16-9(10,11)12/h2-7,13H,1H3. The van der Waals surface area contributed by atoms with Crippen molar-refractivity contribution in [1.29, 1.82) is 0 Å². The van der Waals surface area contributed by atoms with Gasteiger partial charge in [-0.15, -0.1) is 0 Å². The minimum Gasteiger partial charge on any atom is -0.204 e. The first-order chi connectivity index (χ1) is 7.70. The lowest BCUT2D eigenvalue weighted by molar-refractivity contribution is 0.310. The van der Waals surface area contributed by atoms with Crippen LogP contribution in [0.1, 0.15) is 18.5 Å². The van der Waals surface area contributed by atoms with Crippen molar-refractivity contribution in [3.8, 4) is 0 Å². The van der Waals surface area contributed by atoms with E-state index in [-0.39, 0.29) is 0 Å². The molecule has 0 fully saturated rings. The molecule has 8 heteroatoms. The van der Waals surface area contributed by atoms with Gasteiger partial charge in [0.05, 0.1) is 0 Å². The zero-order chi connectivity index (χ0) is 13.1. The zero-order valence-electron chi connectivity index (χ0n) is 8.73. The minimum atomic E-state index is -4.13. The molecule has 0 saturated heterocycles. The third-order valence-corrected chi connectivity index (χ3v) is 3.44. The third kappa shape index (κ3) is 5.90. The average molecular weight is 319 g/mol. The zero-order valence-corrected chi connectivity index (χ0v) is 11.8. The molecule has 0 bridgehead atoms. The molecular weight excluding hydrogens is 309 g/mol. The van der Waals surface area contributed by atoms with Gasteiger partial charge >= 0.3 is 14.3 Å². The molecule has 1 N–H and O–H groups in total. The third-order valence-electron chi connectivity index (χ3n) is 1.82. The highest BCUT2D eigenvalue weighted by atomic mass is 35.6. The van der Waals surface area contributed by atoms with Gasteiger partial charge in [-0.1, -0.05) is 65.1 Å². The highest BCUT2D eigenvalue weighted by Crippen LogP contribution is 2.29. The molecular formula is C9H10Cl3NO3S. The summed E-state index contributed by atoms with van der Waals surface area (Å²) in [4.78, 5) is 0. The Kier molecular flexibility index (Phi) is 5.07. The molecule has 0 aliphatic carbocycles. The lowest BCUT2D eigenvalue weighted by atomic mass is 10.1. The number of benzene rings is 1. The maximum absolute atomic E-state index is 11.4. The lowest BCUT2D eigenvalue weighted by Gasteiger charge is -2.17.